The van der Waals surface area contributed by atoms with Gasteiger partial charge in [-0.1, -0.05) is 12.1 Å². The van der Waals surface area contributed by atoms with Crippen LogP contribution in [0.2, 0.25) is 0 Å². The van der Waals surface area contributed by atoms with Crippen molar-refractivity contribution in [1.29, 1.82) is 0 Å². The first-order chi connectivity index (χ1) is 16.5. The van der Waals surface area contributed by atoms with Gasteiger partial charge in [0.25, 0.3) is 5.91 Å². The van der Waals surface area contributed by atoms with Gasteiger partial charge in [-0.3, -0.25) is 9.59 Å². The minimum absolute atomic E-state index is 0.158. The Morgan fingerprint density at radius 3 is 1.97 bits per heavy atom. The Balaban J connectivity index is 1.57. The highest BCUT2D eigenvalue weighted by atomic mass is 16.5. The fraction of sp³-hybridized carbons (Fsp3) is 0.231. The predicted octanol–water partition coefficient (Wildman–Crippen LogP) is 4.51. The summed E-state index contributed by atoms with van der Waals surface area (Å²) in [6.07, 6.45) is 0.591. The number of rotatable bonds is 10. The molecule has 0 heterocycles. The minimum Gasteiger partial charge on any atom is -0.496 e. The van der Waals surface area contributed by atoms with Gasteiger partial charge in [0.05, 0.1) is 34.0 Å². The first-order valence-corrected chi connectivity index (χ1v) is 10.5. The van der Waals surface area contributed by atoms with Crippen molar-refractivity contribution in [3.05, 3.63) is 71.8 Å². The second-order valence-corrected chi connectivity index (χ2v) is 7.19. The minimum atomic E-state index is -0.389. The van der Waals surface area contributed by atoms with E-state index in [1.807, 2.05) is 0 Å². The summed E-state index contributed by atoms with van der Waals surface area (Å²) in [6, 6.07) is 17.1. The van der Waals surface area contributed by atoms with Crippen LogP contribution in [0.5, 0.6) is 28.7 Å². The standard InChI is InChI=1S/C26H27NO7/c1-30-21-8-6-5-7-20(21)26(29)27-18-10-12-19(13-11-18)34-24(28)14-9-17-15-22(31-2)25(33-4)23(16-17)32-3/h5-8,10-13,15-16H,9,14H2,1-4H3,(H,27,29). The summed E-state index contributed by atoms with van der Waals surface area (Å²) in [4.78, 5) is 24.8. The van der Waals surface area contributed by atoms with E-state index in [1.165, 1.54) is 28.4 Å². The maximum Gasteiger partial charge on any atom is 0.311 e. The molecule has 0 saturated heterocycles. The molecule has 178 valence electrons. The van der Waals surface area contributed by atoms with E-state index in [-0.39, 0.29) is 18.3 Å². The lowest BCUT2D eigenvalue weighted by atomic mass is 10.1. The fourth-order valence-electron chi connectivity index (χ4n) is 3.35. The van der Waals surface area contributed by atoms with Gasteiger partial charge in [0, 0.05) is 12.1 Å². The van der Waals surface area contributed by atoms with Crippen molar-refractivity contribution in [3.63, 3.8) is 0 Å². The van der Waals surface area contributed by atoms with E-state index in [1.54, 1.807) is 60.7 Å². The third-order valence-electron chi connectivity index (χ3n) is 5.04. The number of hydrogen-bond donors (Lipinski definition) is 1. The molecule has 0 radical (unpaired) electrons. The van der Waals surface area contributed by atoms with Crippen LogP contribution in [0.15, 0.2) is 60.7 Å². The van der Waals surface area contributed by atoms with Crippen LogP contribution in [0.3, 0.4) is 0 Å². The smallest absolute Gasteiger partial charge is 0.311 e. The molecule has 0 unspecified atom stereocenters. The van der Waals surface area contributed by atoms with E-state index >= 15 is 0 Å². The Hall–Kier alpha value is -4.20. The number of amides is 1. The van der Waals surface area contributed by atoms with Crippen molar-refractivity contribution in [1.82, 2.24) is 0 Å². The predicted molar refractivity (Wildman–Crippen MR) is 127 cm³/mol. The molecule has 8 nitrogen and oxygen atoms in total. The Labute approximate surface area is 198 Å². The van der Waals surface area contributed by atoms with Crippen LogP contribution >= 0.6 is 0 Å². The highest BCUT2D eigenvalue weighted by molar-refractivity contribution is 6.06. The van der Waals surface area contributed by atoms with Crippen molar-refractivity contribution < 1.29 is 33.3 Å². The van der Waals surface area contributed by atoms with Crippen LogP contribution in [0.25, 0.3) is 0 Å². The largest absolute Gasteiger partial charge is 0.496 e. The zero-order chi connectivity index (χ0) is 24.5. The fourth-order valence-corrected chi connectivity index (χ4v) is 3.35. The van der Waals surface area contributed by atoms with Crippen molar-refractivity contribution in [2.24, 2.45) is 0 Å². The van der Waals surface area contributed by atoms with Gasteiger partial charge in [0.15, 0.2) is 11.5 Å². The van der Waals surface area contributed by atoms with Gasteiger partial charge >= 0.3 is 5.97 Å². The molecule has 34 heavy (non-hydrogen) atoms. The number of carbonyl (C=O) groups is 2. The van der Waals surface area contributed by atoms with Crippen molar-refractivity contribution >= 4 is 17.6 Å². The maximum atomic E-state index is 12.5. The number of nitrogens with one attached hydrogen (secondary N) is 1. The highest BCUT2D eigenvalue weighted by Gasteiger charge is 2.15. The number of methoxy groups -OCH3 is 4. The highest BCUT2D eigenvalue weighted by Crippen LogP contribution is 2.38. The second kappa shape index (κ2) is 11.6. The maximum absolute atomic E-state index is 12.5. The number of hydrogen-bond acceptors (Lipinski definition) is 7. The van der Waals surface area contributed by atoms with E-state index in [9.17, 15) is 9.59 Å². The summed E-state index contributed by atoms with van der Waals surface area (Å²) in [5.41, 5.74) is 1.83. The number of para-hydroxylation sites is 1. The molecule has 0 spiro atoms. The first kappa shape index (κ1) is 24.4. The number of esters is 1. The van der Waals surface area contributed by atoms with Gasteiger partial charge in [0.2, 0.25) is 5.75 Å². The van der Waals surface area contributed by atoms with E-state index in [4.69, 9.17) is 23.7 Å². The average molecular weight is 466 g/mol. The first-order valence-electron chi connectivity index (χ1n) is 10.5. The molecule has 0 atom stereocenters. The molecule has 0 aliphatic rings. The molecule has 3 aromatic rings. The van der Waals surface area contributed by atoms with Gasteiger partial charge < -0.3 is 29.0 Å². The summed E-state index contributed by atoms with van der Waals surface area (Å²) >= 11 is 0. The van der Waals surface area contributed by atoms with Gasteiger partial charge in [-0.25, -0.2) is 0 Å². The van der Waals surface area contributed by atoms with Crippen LogP contribution < -0.4 is 29.0 Å². The van der Waals surface area contributed by atoms with Crippen molar-refractivity contribution in [2.45, 2.75) is 12.8 Å². The van der Waals surface area contributed by atoms with Gasteiger partial charge in [0.1, 0.15) is 11.5 Å². The van der Waals surface area contributed by atoms with Crippen molar-refractivity contribution in [3.8, 4) is 28.7 Å². The molecule has 0 saturated carbocycles. The summed E-state index contributed by atoms with van der Waals surface area (Å²) in [6.45, 7) is 0. The topological polar surface area (TPSA) is 92.3 Å². The zero-order valence-electron chi connectivity index (χ0n) is 19.5. The van der Waals surface area contributed by atoms with Gasteiger partial charge in [-0.2, -0.15) is 0 Å². The monoisotopic (exact) mass is 465 g/mol. The number of benzene rings is 3. The molecule has 0 aliphatic heterocycles. The lowest BCUT2D eigenvalue weighted by Gasteiger charge is -2.14. The van der Waals surface area contributed by atoms with Gasteiger partial charge in [-0.15, -0.1) is 0 Å². The summed E-state index contributed by atoms with van der Waals surface area (Å²) in [7, 11) is 6.12. The normalized spacial score (nSPS) is 10.2. The van der Waals surface area contributed by atoms with Crippen LogP contribution in [0, 0.1) is 0 Å². The molecule has 3 rings (SSSR count). The molecular weight excluding hydrogens is 438 g/mol. The van der Waals surface area contributed by atoms with Crippen LogP contribution in [-0.4, -0.2) is 40.3 Å². The van der Waals surface area contributed by atoms with Crippen molar-refractivity contribution in [2.75, 3.05) is 33.8 Å². The Morgan fingerprint density at radius 2 is 1.38 bits per heavy atom. The van der Waals surface area contributed by atoms with Crippen LogP contribution in [0.4, 0.5) is 5.69 Å². The quantitative estimate of drug-likeness (QED) is 0.348. The lowest BCUT2D eigenvalue weighted by molar-refractivity contribution is -0.134. The number of aryl methyl sites for hydroxylation is 1. The third-order valence-corrected chi connectivity index (χ3v) is 5.04. The lowest BCUT2D eigenvalue weighted by Crippen LogP contribution is -2.13. The molecule has 0 bridgehead atoms. The Bertz CT molecular complexity index is 1120. The number of anilines is 1. The van der Waals surface area contributed by atoms with E-state index in [2.05, 4.69) is 5.32 Å². The van der Waals surface area contributed by atoms with E-state index in [0.717, 1.165) is 5.56 Å². The van der Waals surface area contributed by atoms with Crippen LogP contribution in [0.1, 0.15) is 22.3 Å². The molecule has 8 heteroatoms. The van der Waals surface area contributed by atoms with E-state index in [0.29, 0.717) is 46.4 Å². The van der Waals surface area contributed by atoms with Gasteiger partial charge in [-0.05, 0) is 60.5 Å². The molecule has 0 fully saturated rings. The molecule has 0 aromatic heterocycles. The third kappa shape index (κ3) is 5.98. The summed E-state index contributed by atoms with van der Waals surface area (Å²) in [5, 5.41) is 2.80. The average Bonchev–Trinajstić information content (AvgIpc) is 2.87. The number of carbonyl (C=O) groups excluding carboxylic acids is 2. The summed E-state index contributed by atoms with van der Waals surface area (Å²) < 4.78 is 26.6. The van der Waals surface area contributed by atoms with Crippen LogP contribution in [-0.2, 0) is 11.2 Å². The molecule has 0 aliphatic carbocycles. The Kier molecular flexibility index (Phi) is 8.34. The zero-order valence-corrected chi connectivity index (χ0v) is 19.5. The Morgan fingerprint density at radius 1 is 0.765 bits per heavy atom. The SMILES string of the molecule is COc1ccccc1C(=O)Nc1ccc(OC(=O)CCc2cc(OC)c(OC)c(OC)c2)cc1. The number of ether oxygens (including phenoxy) is 5. The molecule has 1 N–H and O–H groups in total. The summed E-state index contributed by atoms with van der Waals surface area (Å²) in [5.74, 6) is 1.72. The molecular formula is C26H27NO7. The second-order valence-electron chi connectivity index (χ2n) is 7.19. The van der Waals surface area contributed by atoms with E-state index < -0.39 is 0 Å². The molecule has 3 aromatic carbocycles. The molecule has 1 amide bonds.